The molecule has 0 aliphatic carbocycles. The molecule has 0 saturated carbocycles. The van der Waals surface area contributed by atoms with Crippen LogP contribution in [0.2, 0.25) is 0 Å². The number of hydrogen-bond donors (Lipinski definition) is 0. The Hall–Kier alpha value is -2.28. The number of hydrogen-bond acceptors (Lipinski definition) is 3. The number of aryl methyl sites for hydroxylation is 1. The van der Waals surface area contributed by atoms with E-state index < -0.39 is 33.4 Å². The van der Waals surface area contributed by atoms with Crippen molar-refractivity contribution in [2.24, 2.45) is 0 Å². The van der Waals surface area contributed by atoms with Gasteiger partial charge in [-0.15, -0.1) is 0 Å². The maximum absolute atomic E-state index is 13.4. The Morgan fingerprint density at radius 3 is 2.28 bits per heavy atom. The number of sulfone groups is 1. The van der Waals surface area contributed by atoms with Gasteiger partial charge in [-0.05, 0) is 49.2 Å². The summed E-state index contributed by atoms with van der Waals surface area (Å²) in [6.07, 6.45) is 1.07. The van der Waals surface area contributed by atoms with Gasteiger partial charge < -0.3 is 4.90 Å². The summed E-state index contributed by atoms with van der Waals surface area (Å²) >= 11 is 0. The molecule has 134 valence electrons. The van der Waals surface area contributed by atoms with E-state index in [2.05, 4.69) is 0 Å². The molecule has 0 radical (unpaired) electrons. The van der Waals surface area contributed by atoms with Crippen molar-refractivity contribution in [3.8, 4) is 0 Å². The zero-order valence-corrected chi connectivity index (χ0v) is 15.2. The second-order valence-electron chi connectivity index (χ2n) is 6.01. The zero-order valence-electron chi connectivity index (χ0n) is 14.4. The molecule has 0 aliphatic heterocycles. The molecule has 0 heterocycles. The fourth-order valence-electron chi connectivity index (χ4n) is 2.42. The molecule has 0 saturated heterocycles. The summed E-state index contributed by atoms with van der Waals surface area (Å²) in [6.45, 7) is 3.38. The highest BCUT2D eigenvalue weighted by Gasteiger charge is 2.22. The lowest BCUT2D eigenvalue weighted by Crippen LogP contribution is -2.30. The minimum atomic E-state index is -3.45. The van der Waals surface area contributed by atoms with Crippen molar-refractivity contribution >= 4 is 15.7 Å². The van der Waals surface area contributed by atoms with Crippen LogP contribution in [0.1, 0.15) is 34.5 Å². The highest BCUT2D eigenvalue weighted by atomic mass is 32.2. The van der Waals surface area contributed by atoms with Crippen LogP contribution in [-0.4, -0.2) is 32.5 Å². The van der Waals surface area contributed by atoms with Gasteiger partial charge in [-0.25, -0.2) is 17.2 Å². The van der Waals surface area contributed by atoms with Crippen LogP contribution in [0.15, 0.2) is 41.3 Å². The lowest BCUT2D eigenvalue weighted by atomic mass is 10.0. The van der Waals surface area contributed by atoms with Crippen LogP contribution in [0.25, 0.3) is 0 Å². The Morgan fingerprint density at radius 2 is 1.72 bits per heavy atom. The fourth-order valence-corrected chi connectivity index (χ4v) is 3.07. The van der Waals surface area contributed by atoms with Crippen molar-refractivity contribution in [1.29, 1.82) is 0 Å². The molecule has 1 amide bonds. The minimum Gasteiger partial charge on any atom is -0.335 e. The highest BCUT2D eigenvalue weighted by Crippen LogP contribution is 2.24. The Kier molecular flexibility index (Phi) is 5.27. The second kappa shape index (κ2) is 6.92. The van der Waals surface area contributed by atoms with E-state index in [9.17, 15) is 22.0 Å². The molecular formula is C18H19F2NO3S. The predicted octanol–water partition coefficient (Wildman–Crippen LogP) is 3.51. The van der Waals surface area contributed by atoms with Crippen molar-refractivity contribution in [3.05, 3.63) is 64.7 Å². The molecule has 1 atom stereocenters. The molecule has 0 spiro atoms. The Morgan fingerprint density at radius 1 is 1.08 bits per heavy atom. The van der Waals surface area contributed by atoms with Crippen molar-refractivity contribution < 1.29 is 22.0 Å². The molecule has 2 rings (SSSR count). The van der Waals surface area contributed by atoms with Crippen LogP contribution in [0.5, 0.6) is 0 Å². The number of nitrogens with zero attached hydrogens (tertiary/aromatic N) is 1. The number of rotatable bonds is 4. The van der Waals surface area contributed by atoms with E-state index in [1.54, 1.807) is 19.9 Å². The summed E-state index contributed by atoms with van der Waals surface area (Å²) in [4.78, 5) is 14.2. The molecule has 7 heteroatoms. The molecule has 25 heavy (non-hydrogen) atoms. The van der Waals surface area contributed by atoms with Gasteiger partial charge >= 0.3 is 0 Å². The normalized spacial score (nSPS) is 12.7. The highest BCUT2D eigenvalue weighted by molar-refractivity contribution is 7.90. The van der Waals surface area contributed by atoms with E-state index in [0.717, 1.165) is 18.4 Å². The molecule has 4 nitrogen and oxygen atoms in total. The summed E-state index contributed by atoms with van der Waals surface area (Å²) in [5.74, 6) is -2.35. The van der Waals surface area contributed by atoms with Gasteiger partial charge in [0, 0.05) is 18.9 Å². The van der Waals surface area contributed by atoms with Crippen LogP contribution >= 0.6 is 0 Å². The molecule has 1 unspecified atom stereocenters. The Balaban J connectivity index is 2.37. The van der Waals surface area contributed by atoms with E-state index in [0.29, 0.717) is 11.1 Å². The van der Waals surface area contributed by atoms with E-state index in [4.69, 9.17) is 0 Å². The lowest BCUT2D eigenvalue weighted by Gasteiger charge is -2.26. The second-order valence-corrected chi connectivity index (χ2v) is 8.03. The number of carbonyl (C=O) groups is 1. The predicted molar refractivity (Wildman–Crippen MR) is 91.2 cm³/mol. The van der Waals surface area contributed by atoms with Crippen molar-refractivity contribution in [1.82, 2.24) is 4.90 Å². The smallest absolute Gasteiger partial charge is 0.254 e. The molecule has 2 aromatic rings. The third-order valence-electron chi connectivity index (χ3n) is 4.19. The first-order valence-corrected chi connectivity index (χ1v) is 9.44. The quantitative estimate of drug-likeness (QED) is 0.831. The van der Waals surface area contributed by atoms with E-state index in [1.807, 2.05) is 0 Å². The number of benzene rings is 2. The SMILES string of the molecule is Cc1ccc(S(C)(=O)=O)cc1C(=O)N(C)C(C)c1ccc(F)c(F)c1. The van der Waals surface area contributed by atoms with Gasteiger partial charge in [0.05, 0.1) is 10.9 Å². The first kappa shape index (κ1) is 19.1. The third kappa shape index (κ3) is 4.04. The van der Waals surface area contributed by atoms with Crippen molar-refractivity contribution in [3.63, 3.8) is 0 Å². The van der Waals surface area contributed by atoms with Gasteiger partial charge in [0.2, 0.25) is 0 Å². The lowest BCUT2D eigenvalue weighted by molar-refractivity contribution is 0.0741. The van der Waals surface area contributed by atoms with Gasteiger partial charge in [-0.1, -0.05) is 12.1 Å². The van der Waals surface area contributed by atoms with E-state index in [1.165, 1.54) is 30.1 Å². The Labute approximate surface area is 146 Å². The molecule has 0 aromatic heterocycles. The topological polar surface area (TPSA) is 54.5 Å². The molecule has 0 bridgehead atoms. The van der Waals surface area contributed by atoms with Gasteiger partial charge in [-0.3, -0.25) is 4.79 Å². The monoisotopic (exact) mass is 367 g/mol. The average molecular weight is 367 g/mol. The van der Waals surface area contributed by atoms with Crippen molar-refractivity contribution in [2.45, 2.75) is 24.8 Å². The summed E-state index contributed by atoms with van der Waals surface area (Å²) in [6, 6.07) is 7.29. The fraction of sp³-hybridized carbons (Fsp3) is 0.278. The number of carbonyl (C=O) groups excluding carboxylic acids is 1. The first-order chi connectivity index (χ1) is 11.5. The molecule has 0 fully saturated rings. The molecule has 2 aromatic carbocycles. The summed E-state index contributed by atoms with van der Waals surface area (Å²) in [5.41, 5.74) is 1.31. The molecule has 0 N–H and O–H groups in total. The van der Waals surface area contributed by atoms with Gasteiger partial charge in [0.1, 0.15) is 0 Å². The van der Waals surface area contributed by atoms with Crippen LogP contribution in [0, 0.1) is 18.6 Å². The maximum atomic E-state index is 13.4. The van der Waals surface area contributed by atoms with Crippen LogP contribution in [-0.2, 0) is 9.84 Å². The zero-order chi connectivity index (χ0) is 18.9. The van der Waals surface area contributed by atoms with E-state index >= 15 is 0 Å². The van der Waals surface area contributed by atoms with Gasteiger partial charge in [0.15, 0.2) is 21.5 Å². The molecule has 0 aliphatic rings. The number of amides is 1. The summed E-state index contributed by atoms with van der Waals surface area (Å²) in [7, 11) is -1.92. The summed E-state index contributed by atoms with van der Waals surface area (Å²) in [5, 5.41) is 0. The first-order valence-electron chi connectivity index (χ1n) is 7.55. The van der Waals surface area contributed by atoms with Gasteiger partial charge in [-0.2, -0.15) is 0 Å². The molecular weight excluding hydrogens is 348 g/mol. The van der Waals surface area contributed by atoms with Crippen LogP contribution in [0.4, 0.5) is 8.78 Å². The van der Waals surface area contributed by atoms with Crippen LogP contribution in [0.3, 0.4) is 0 Å². The standard InChI is InChI=1S/C18H19F2NO3S/c1-11-5-7-14(25(4,23)24)10-15(11)18(22)21(3)12(2)13-6-8-16(19)17(20)9-13/h5-10,12H,1-4H3. The Bertz CT molecular complexity index is 926. The maximum Gasteiger partial charge on any atom is 0.254 e. The third-order valence-corrected chi connectivity index (χ3v) is 5.31. The summed E-state index contributed by atoms with van der Waals surface area (Å²) < 4.78 is 49.9. The van der Waals surface area contributed by atoms with E-state index in [-0.39, 0.29) is 10.5 Å². The minimum absolute atomic E-state index is 0.0512. The van der Waals surface area contributed by atoms with Gasteiger partial charge in [0.25, 0.3) is 5.91 Å². The number of halogens is 2. The van der Waals surface area contributed by atoms with Crippen molar-refractivity contribution in [2.75, 3.05) is 13.3 Å². The van der Waals surface area contributed by atoms with Crippen LogP contribution < -0.4 is 0 Å². The average Bonchev–Trinajstić information content (AvgIpc) is 2.54. The largest absolute Gasteiger partial charge is 0.335 e.